The second kappa shape index (κ2) is 3.68. The second-order valence-electron chi connectivity index (χ2n) is 3.32. The van der Waals surface area contributed by atoms with Crippen LogP contribution in [0.25, 0.3) is 0 Å². The molecule has 5 nitrogen and oxygen atoms in total. The molecule has 0 spiro atoms. The van der Waals surface area contributed by atoms with E-state index in [9.17, 15) is 9.59 Å². The molecule has 0 aromatic carbocycles. The van der Waals surface area contributed by atoms with Gasteiger partial charge in [0.25, 0.3) is 0 Å². The SMILES string of the molecule is O=Cc1nc(C(=O)O)ccc1OC1CC1. The van der Waals surface area contributed by atoms with Crippen molar-refractivity contribution in [1.29, 1.82) is 0 Å². The molecule has 15 heavy (non-hydrogen) atoms. The monoisotopic (exact) mass is 207 g/mol. The van der Waals surface area contributed by atoms with E-state index >= 15 is 0 Å². The van der Waals surface area contributed by atoms with Crippen molar-refractivity contribution in [3.8, 4) is 5.75 Å². The molecule has 0 bridgehead atoms. The Bertz CT molecular complexity index is 412. The van der Waals surface area contributed by atoms with E-state index in [-0.39, 0.29) is 17.5 Å². The maximum atomic E-state index is 10.7. The average molecular weight is 207 g/mol. The van der Waals surface area contributed by atoms with Crippen molar-refractivity contribution >= 4 is 12.3 Å². The van der Waals surface area contributed by atoms with E-state index in [2.05, 4.69) is 4.98 Å². The topological polar surface area (TPSA) is 76.5 Å². The molecule has 1 aromatic heterocycles. The van der Waals surface area contributed by atoms with E-state index in [4.69, 9.17) is 9.84 Å². The first-order chi connectivity index (χ1) is 7.20. The summed E-state index contributed by atoms with van der Waals surface area (Å²) >= 11 is 0. The molecule has 1 fully saturated rings. The molecule has 1 aliphatic rings. The minimum Gasteiger partial charge on any atom is -0.488 e. The van der Waals surface area contributed by atoms with Gasteiger partial charge in [-0.1, -0.05) is 0 Å². The molecule has 1 N–H and O–H groups in total. The van der Waals surface area contributed by atoms with E-state index in [1.54, 1.807) is 0 Å². The summed E-state index contributed by atoms with van der Waals surface area (Å²) in [5.74, 6) is -0.798. The molecule has 1 aliphatic carbocycles. The fraction of sp³-hybridized carbons (Fsp3) is 0.300. The number of aromatic nitrogens is 1. The molecule has 5 heteroatoms. The maximum Gasteiger partial charge on any atom is 0.354 e. The van der Waals surface area contributed by atoms with Crippen molar-refractivity contribution in [3.63, 3.8) is 0 Å². The highest BCUT2D eigenvalue weighted by Gasteiger charge is 2.25. The van der Waals surface area contributed by atoms with Crippen LogP contribution in [0.2, 0.25) is 0 Å². The van der Waals surface area contributed by atoms with Gasteiger partial charge >= 0.3 is 5.97 Å². The summed E-state index contributed by atoms with van der Waals surface area (Å²) in [5.41, 5.74) is -0.109. The zero-order valence-electron chi connectivity index (χ0n) is 7.84. The van der Waals surface area contributed by atoms with E-state index in [1.165, 1.54) is 12.1 Å². The molecule has 1 saturated carbocycles. The van der Waals surface area contributed by atoms with Gasteiger partial charge in [0, 0.05) is 0 Å². The lowest BCUT2D eigenvalue weighted by Gasteiger charge is -2.06. The molecule has 2 rings (SSSR count). The number of hydrogen-bond acceptors (Lipinski definition) is 4. The first-order valence-corrected chi connectivity index (χ1v) is 4.57. The largest absolute Gasteiger partial charge is 0.488 e. The Morgan fingerprint density at radius 2 is 2.27 bits per heavy atom. The number of ether oxygens (including phenoxy) is 1. The highest BCUT2D eigenvalue weighted by atomic mass is 16.5. The minimum absolute atomic E-state index is 0.0433. The number of carboxylic acids is 1. The van der Waals surface area contributed by atoms with Crippen molar-refractivity contribution in [2.75, 3.05) is 0 Å². The molecule has 0 unspecified atom stereocenters. The van der Waals surface area contributed by atoms with Crippen LogP contribution in [0.3, 0.4) is 0 Å². The third-order valence-electron chi connectivity index (χ3n) is 2.03. The number of carboxylic acid groups (broad SMARTS) is 1. The van der Waals surface area contributed by atoms with Crippen LogP contribution in [-0.2, 0) is 0 Å². The molecule has 1 heterocycles. The van der Waals surface area contributed by atoms with Gasteiger partial charge in [-0.3, -0.25) is 4.79 Å². The zero-order chi connectivity index (χ0) is 10.8. The Morgan fingerprint density at radius 3 is 2.80 bits per heavy atom. The standard InChI is InChI=1S/C10H9NO4/c12-5-8-9(15-6-1-2-6)4-3-7(11-8)10(13)14/h3-6H,1-2H2,(H,13,14). The number of aromatic carboxylic acids is 1. The van der Waals surface area contributed by atoms with E-state index in [0.29, 0.717) is 12.0 Å². The van der Waals surface area contributed by atoms with Gasteiger partial charge in [-0.15, -0.1) is 0 Å². The van der Waals surface area contributed by atoms with Crippen LogP contribution in [0.4, 0.5) is 0 Å². The molecular weight excluding hydrogens is 198 g/mol. The zero-order valence-corrected chi connectivity index (χ0v) is 7.84. The molecule has 0 radical (unpaired) electrons. The fourth-order valence-corrected chi connectivity index (χ4v) is 1.13. The fourth-order valence-electron chi connectivity index (χ4n) is 1.13. The molecule has 0 aliphatic heterocycles. The lowest BCUT2D eigenvalue weighted by atomic mass is 10.3. The van der Waals surface area contributed by atoms with Crippen molar-refractivity contribution < 1.29 is 19.4 Å². The molecule has 1 aromatic rings. The van der Waals surface area contributed by atoms with Crippen molar-refractivity contribution in [2.45, 2.75) is 18.9 Å². The Hall–Kier alpha value is -1.91. The number of rotatable bonds is 4. The van der Waals surface area contributed by atoms with E-state index < -0.39 is 5.97 Å². The smallest absolute Gasteiger partial charge is 0.354 e. The van der Waals surface area contributed by atoms with Crippen molar-refractivity contribution in [3.05, 3.63) is 23.5 Å². The summed E-state index contributed by atoms with van der Waals surface area (Å²) in [4.78, 5) is 24.9. The van der Waals surface area contributed by atoms with Crippen LogP contribution in [-0.4, -0.2) is 28.4 Å². The van der Waals surface area contributed by atoms with Crippen LogP contribution in [0.5, 0.6) is 5.75 Å². The molecule has 0 amide bonds. The predicted octanol–water partition coefficient (Wildman–Crippen LogP) is 1.13. The van der Waals surface area contributed by atoms with Crippen LogP contribution in [0.1, 0.15) is 33.8 Å². The third-order valence-corrected chi connectivity index (χ3v) is 2.03. The van der Waals surface area contributed by atoms with E-state index in [1.807, 2.05) is 0 Å². The van der Waals surface area contributed by atoms with Crippen LogP contribution in [0, 0.1) is 0 Å². The number of carbonyl (C=O) groups excluding carboxylic acids is 1. The Balaban J connectivity index is 2.29. The van der Waals surface area contributed by atoms with E-state index in [0.717, 1.165) is 12.8 Å². The summed E-state index contributed by atoms with van der Waals surface area (Å²) in [7, 11) is 0. The number of hydrogen-bond donors (Lipinski definition) is 1. The third kappa shape index (κ3) is 2.12. The summed E-state index contributed by atoms with van der Waals surface area (Å²) < 4.78 is 5.40. The van der Waals surface area contributed by atoms with Gasteiger partial charge in [-0.25, -0.2) is 9.78 Å². The lowest BCUT2D eigenvalue weighted by molar-refractivity contribution is 0.0690. The molecule has 78 valence electrons. The molecular formula is C10H9NO4. The first kappa shape index (κ1) is 9.64. The molecule has 0 saturated heterocycles. The number of pyridine rings is 1. The average Bonchev–Trinajstić information content (AvgIpc) is 3.02. The first-order valence-electron chi connectivity index (χ1n) is 4.57. The van der Waals surface area contributed by atoms with Crippen molar-refractivity contribution in [2.24, 2.45) is 0 Å². The maximum absolute atomic E-state index is 10.7. The number of aldehydes is 1. The Morgan fingerprint density at radius 1 is 1.53 bits per heavy atom. The number of carbonyl (C=O) groups is 2. The summed E-state index contributed by atoms with van der Waals surface area (Å²) in [6, 6.07) is 2.80. The van der Waals surface area contributed by atoms with Crippen LogP contribution in [0.15, 0.2) is 12.1 Å². The predicted molar refractivity (Wildman–Crippen MR) is 50.2 cm³/mol. The summed E-state index contributed by atoms with van der Waals surface area (Å²) in [6.45, 7) is 0. The van der Waals surface area contributed by atoms with Gasteiger partial charge in [-0.2, -0.15) is 0 Å². The normalized spacial score (nSPS) is 14.7. The van der Waals surface area contributed by atoms with Crippen molar-refractivity contribution in [1.82, 2.24) is 4.98 Å². The lowest BCUT2D eigenvalue weighted by Crippen LogP contribution is -2.06. The van der Waals surface area contributed by atoms with Gasteiger partial charge in [0.1, 0.15) is 17.1 Å². The van der Waals surface area contributed by atoms with Gasteiger partial charge < -0.3 is 9.84 Å². The van der Waals surface area contributed by atoms with Crippen LogP contribution < -0.4 is 4.74 Å². The van der Waals surface area contributed by atoms with Gasteiger partial charge in [0.15, 0.2) is 6.29 Å². The number of nitrogens with zero attached hydrogens (tertiary/aromatic N) is 1. The van der Waals surface area contributed by atoms with Gasteiger partial charge in [0.2, 0.25) is 0 Å². The second-order valence-corrected chi connectivity index (χ2v) is 3.32. The quantitative estimate of drug-likeness (QED) is 0.749. The molecule has 0 atom stereocenters. The Labute approximate surface area is 85.7 Å². The Kier molecular flexibility index (Phi) is 2.37. The van der Waals surface area contributed by atoms with Gasteiger partial charge in [-0.05, 0) is 25.0 Å². The highest BCUT2D eigenvalue weighted by Crippen LogP contribution is 2.27. The highest BCUT2D eigenvalue weighted by molar-refractivity contribution is 5.87. The summed E-state index contributed by atoms with van der Waals surface area (Å²) in [6.07, 6.45) is 2.60. The van der Waals surface area contributed by atoms with Crippen LogP contribution >= 0.6 is 0 Å². The minimum atomic E-state index is -1.16. The van der Waals surface area contributed by atoms with Gasteiger partial charge in [0.05, 0.1) is 6.10 Å². The summed E-state index contributed by atoms with van der Waals surface area (Å²) in [5, 5.41) is 8.67.